The van der Waals surface area contributed by atoms with Crippen LogP contribution in [0.5, 0.6) is 5.75 Å². The molecule has 1 saturated heterocycles. The topological polar surface area (TPSA) is 53.1 Å². The molecule has 0 aromatic heterocycles. The summed E-state index contributed by atoms with van der Waals surface area (Å²) in [7, 11) is 1.66. The molecule has 7 heteroatoms. The van der Waals surface area contributed by atoms with Gasteiger partial charge in [-0.3, -0.25) is 14.5 Å². The van der Waals surface area contributed by atoms with Gasteiger partial charge in [-0.1, -0.05) is 76.6 Å². The second-order valence-corrected chi connectivity index (χ2v) is 10.2. The van der Waals surface area contributed by atoms with Gasteiger partial charge in [-0.2, -0.15) is 0 Å². The van der Waals surface area contributed by atoms with Gasteiger partial charge >= 0.3 is 0 Å². The van der Waals surface area contributed by atoms with Crippen LogP contribution in [0.25, 0.3) is 6.08 Å². The van der Waals surface area contributed by atoms with Gasteiger partial charge in [0, 0.05) is 61.4 Å². The van der Waals surface area contributed by atoms with Crippen LogP contribution in [0.3, 0.4) is 0 Å². The number of amides is 2. The van der Waals surface area contributed by atoms with Gasteiger partial charge in [0.15, 0.2) is 0 Å². The zero-order chi connectivity index (χ0) is 26.7. The lowest BCUT2D eigenvalue weighted by Gasteiger charge is -2.36. The van der Waals surface area contributed by atoms with Gasteiger partial charge in [0.2, 0.25) is 5.91 Å². The molecule has 0 spiro atoms. The zero-order valence-corrected chi connectivity index (χ0v) is 23.3. The van der Waals surface area contributed by atoms with Crippen molar-refractivity contribution in [2.24, 2.45) is 0 Å². The number of rotatable bonds is 10. The maximum absolute atomic E-state index is 13.3. The summed E-state index contributed by atoms with van der Waals surface area (Å²) in [6.07, 6.45) is 4.41. The highest BCUT2D eigenvalue weighted by Gasteiger charge is 2.23. The lowest BCUT2D eigenvalue weighted by atomic mass is 10.1. The normalized spacial score (nSPS) is 14.0. The molecule has 0 atom stereocenters. The third-order valence-electron chi connectivity index (χ3n) is 6.75. The first-order valence-electron chi connectivity index (χ1n) is 12.9. The molecule has 3 aromatic rings. The van der Waals surface area contributed by atoms with Gasteiger partial charge in [-0.05, 0) is 35.9 Å². The van der Waals surface area contributed by atoms with Crippen LogP contribution in [0.1, 0.15) is 21.5 Å². The number of carbonyl (C=O) groups excluding carboxylic acids is 2. The summed E-state index contributed by atoms with van der Waals surface area (Å²) in [5.41, 5.74) is 2.70. The number of piperazine rings is 1. The average Bonchev–Trinajstić information content (AvgIpc) is 2.96. The van der Waals surface area contributed by atoms with Gasteiger partial charge in [0.25, 0.3) is 5.91 Å². The van der Waals surface area contributed by atoms with Gasteiger partial charge in [0.05, 0.1) is 13.5 Å². The molecule has 1 heterocycles. The molecule has 4 rings (SSSR count). The maximum atomic E-state index is 13.3. The Kier molecular flexibility index (Phi) is 10.1. The van der Waals surface area contributed by atoms with Crippen molar-refractivity contribution in [3.8, 4) is 5.75 Å². The highest BCUT2D eigenvalue weighted by atomic mass is 79.9. The smallest absolute Gasteiger partial charge is 0.253 e. The molecule has 1 fully saturated rings. The van der Waals surface area contributed by atoms with Crippen molar-refractivity contribution in [3.05, 3.63) is 106 Å². The first-order chi connectivity index (χ1) is 18.5. The van der Waals surface area contributed by atoms with Gasteiger partial charge in [-0.25, -0.2) is 0 Å². The van der Waals surface area contributed by atoms with Crippen LogP contribution in [0, 0.1) is 0 Å². The van der Waals surface area contributed by atoms with Crippen LogP contribution in [-0.4, -0.2) is 79.4 Å². The molecule has 0 radical (unpaired) electrons. The Morgan fingerprint density at radius 3 is 2.32 bits per heavy atom. The van der Waals surface area contributed by atoms with Crippen molar-refractivity contribution >= 4 is 33.8 Å². The van der Waals surface area contributed by atoms with Crippen molar-refractivity contribution in [1.29, 1.82) is 0 Å². The fourth-order valence-corrected chi connectivity index (χ4v) is 4.79. The minimum atomic E-state index is 0.0679. The number of methoxy groups -OCH3 is 1. The van der Waals surface area contributed by atoms with E-state index in [-0.39, 0.29) is 11.8 Å². The predicted octanol–water partition coefficient (Wildman–Crippen LogP) is 5.00. The molecule has 0 saturated carbocycles. The largest absolute Gasteiger partial charge is 0.496 e. The third-order valence-corrected chi connectivity index (χ3v) is 7.28. The van der Waals surface area contributed by atoms with E-state index >= 15 is 0 Å². The Morgan fingerprint density at radius 2 is 1.61 bits per heavy atom. The molecule has 1 aliphatic heterocycles. The van der Waals surface area contributed by atoms with Crippen molar-refractivity contribution < 1.29 is 14.3 Å². The first kappa shape index (κ1) is 27.6. The Labute approximate surface area is 233 Å². The highest BCUT2D eigenvalue weighted by Crippen LogP contribution is 2.19. The summed E-state index contributed by atoms with van der Waals surface area (Å²) in [4.78, 5) is 32.3. The lowest BCUT2D eigenvalue weighted by Crippen LogP contribution is -2.50. The van der Waals surface area contributed by atoms with Gasteiger partial charge in [0.1, 0.15) is 5.75 Å². The van der Waals surface area contributed by atoms with Crippen LogP contribution >= 0.6 is 15.9 Å². The van der Waals surface area contributed by atoms with E-state index in [2.05, 4.69) is 20.8 Å². The van der Waals surface area contributed by atoms with Crippen molar-refractivity contribution in [2.75, 3.05) is 52.9 Å². The summed E-state index contributed by atoms with van der Waals surface area (Å²) < 4.78 is 6.41. The summed E-state index contributed by atoms with van der Waals surface area (Å²) in [5, 5.41) is 0. The van der Waals surface area contributed by atoms with Crippen molar-refractivity contribution in [1.82, 2.24) is 14.7 Å². The minimum Gasteiger partial charge on any atom is -0.496 e. The Bertz CT molecular complexity index is 1220. The molecular formula is C31H34BrN3O3. The van der Waals surface area contributed by atoms with Crippen LogP contribution in [-0.2, 0) is 11.2 Å². The number of para-hydroxylation sites is 1. The first-order valence-corrected chi connectivity index (χ1v) is 13.7. The average molecular weight is 577 g/mol. The predicted molar refractivity (Wildman–Crippen MR) is 155 cm³/mol. The number of benzene rings is 3. The number of hydrogen-bond acceptors (Lipinski definition) is 4. The number of ether oxygens (including phenoxy) is 1. The van der Waals surface area contributed by atoms with E-state index in [1.54, 1.807) is 7.11 Å². The van der Waals surface area contributed by atoms with Gasteiger partial charge < -0.3 is 14.5 Å². The van der Waals surface area contributed by atoms with E-state index in [0.717, 1.165) is 41.0 Å². The fraction of sp³-hybridized carbons (Fsp3) is 0.290. The lowest BCUT2D eigenvalue weighted by molar-refractivity contribution is -0.130. The second kappa shape index (κ2) is 13.9. The number of halogens is 1. The zero-order valence-electron chi connectivity index (χ0n) is 21.8. The quantitative estimate of drug-likeness (QED) is 0.341. The summed E-state index contributed by atoms with van der Waals surface area (Å²) >= 11 is 3.42. The number of nitrogens with zero attached hydrogens (tertiary/aromatic N) is 3. The third kappa shape index (κ3) is 7.79. The maximum Gasteiger partial charge on any atom is 0.253 e. The Hall–Kier alpha value is -3.42. The van der Waals surface area contributed by atoms with E-state index in [0.29, 0.717) is 38.2 Å². The highest BCUT2D eigenvalue weighted by molar-refractivity contribution is 9.10. The Morgan fingerprint density at radius 1 is 0.921 bits per heavy atom. The van der Waals surface area contributed by atoms with Gasteiger partial charge in [-0.15, -0.1) is 0 Å². The molecule has 2 amide bonds. The molecule has 0 N–H and O–H groups in total. The SMILES string of the molecule is COc1ccccc1/C=C/CN(CCN1CCN(C(=O)c2ccc(Br)cc2)CC1)C(=O)Cc1ccccc1. The standard InChI is InChI=1S/C31H34BrN3O3/c1-38-29-12-6-5-10-26(29)11-7-17-34(30(36)24-25-8-3-2-4-9-25)21-18-33-19-22-35(23-20-33)31(37)27-13-15-28(32)16-14-27/h2-16H,17-24H2,1H3/b11-7+. The molecule has 198 valence electrons. The monoisotopic (exact) mass is 575 g/mol. The van der Waals surface area contributed by atoms with Crippen LogP contribution in [0.4, 0.5) is 0 Å². The molecule has 38 heavy (non-hydrogen) atoms. The summed E-state index contributed by atoms with van der Waals surface area (Å²) in [6, 6.07) is 25.2. The number of hydrogen-bond donors (Lipinski definition) is 0. The summed E-state index contributed by atoms with van der Waals surface area (Å²) in [6.45, 7) is 4.86. The van der Waals surface area contributed by atoms with E-state index in [1.807, 2.05) is 101 Å². The van der Waals surface area contributed by atoms with E-state index in [9.17, 15) is 9.59 Å². The molecule has 0 bridgehead atoms. The molecule has 1 aliphatic rings. The molecule has 6 nitrogen and oxygen atoms in total. The van der Waals surface area contributed by atoms with E-state index in [4.69, 9.17) is 4.74 Å². The Balaban J connectivity index is 1.34. The van der Waals surface area contributed by atoms with E-state index in [1.165, 1.54) is 0 Å². The second-order valence-electron chi connectivity index (χ2n) is 9.29. The van der Waals surface area contributed by atoms with E-state index < -0.39 is 0 Å². The molecular weight excluding hydrogens is 542 g/mol. The molecule has 0 aliphatic carbocycles. The fourth-order valence-electron chi connectivity index (χ4n) is 4.52. The van der Waals surface area contributed by atoms with Crippen molar-refractivity contribution in [2.45, 2.75) is 6.42 Å². The number of carbonyl (C=O) groups is 2. The van der Waals surface area contributed by atoms with Crippen LogP contribution in [0.2, 0.25) is 0 Å². The summed E-state index contributed by atoms with van der Waals surface area (Å²) in [5.74, 6) is 0.977. The van der Waals surface area contributed by atoms with Crippen LogP contribution < -0.4 is 4.74 Å². The minimum absolute atomic E-state index is 0.0679. The van der Waals surface area contributed by atoms with Crippen molar-refractivity contribution in [3.63, 3.8) is 0 Å². The molecule has 0 unspecified atom stereocenters. The van der Waals surface area contributed by atoms with Crippen LogP contribution in [0.15, 0.2) is 89.4 Å². The molecule has 3 aromatic carbocycles.